The van der Waals surface area contributed by atoms with Crippen molar-refractivity contribution in [2.24, 2.45) is 0 Å². The molecule has 0 aliphatic carbocycles. The van der Waals surface area contributed by atoms with Crippen LogP contribution in [-0.2, 0) is 25.4 Å². The zero-order valence-electron chi connectivity index (χ0n) is 9.35. The van der Waals surface area contributed by atoms with Gasteiger partial charge in [-0.15, -0.1) is 0 Å². The van der Waals surface area contributed by atoms with Crippen LogP contribution in [0.2, 0.25) is 0 Å². The zero-order chi connectivity index (χ0) is 11.2. The summed E-state index contributed by atoms with van der Waals surface area (Å²) in [6, 6.07) is 7.96. The van der Waals surface area contributed by atoms with Crippen LogP contribution in [0.1, 0.15) is 5.56 Å². The molecule has 1 aromatic carbocycles. The maximum absolute atomic E-state index is 5.48. The Kier molecular flexibility index (Phi) is 4.36. The molecule has 1 aliphatic heterocycles. The van der Waals surface area contributed by atoms with E-state index in [1.165, 1.54) is 0 Å². The van der Waals surface area contributed by atoms with Crippen LogP contribution in [0, 0.1) is 0 Å². The highest BCUT2D eigenvalue weighted by Crippen LogP contribution is 2.06. The van der Waals surface area contributed by atoms with Crippen LogP contribution >= 0.6 is 0 Å². The Hall–Kier alpha value is -0.875. The lowest BCUT2D eigenvalue weighted by Gasteiger charge is -2.11. The van der Waals surface area contributed by atoms with E-state index in [4.69, 9.17) is 18.8 Å². The molecule has 4 nitrogen and oxygen atoms in total. The van der Waals surface area contributed by atoms with Crippen molar-refractivity contribution in [1.29, 1.82) is 0 Å². The zero-order valence-corrected chi connectivity index (χ0v) is 9.35. The molecule has 16 heavy (non-hydrogen) atoms. The molecule has 1 aromatic rings. The number of hydrogen-bond acceptors (Lipinski definition) is 4. The second-order valence-corrected chi connectivity index (χ2v) is 3.53. The second-order valence-electron chi connectivity index (χ2n) is 3.53. The average molecular weight is 222 g/mol. The molecule has 86 valence electrons. The van der Waals surface area contributed by atoms with Crippen LogP contribution in [0.3, 0.4) is 0 Å². The predicted molar refractivity (Wildman–Crippen MR) is 60.4 cm³/mol. The first-order chi connectivity index (χ1) is 7.92. The molecule has 5 heteroatoms. The fourth-order valence-corrected chi connectivity index (χ4v) is 1.67. The highest BCUT2D eigenvalue weighted by atomic mass is 16.7. The van der Waals surface area contributed by atoms with E-state index in [0.29, 0.717) is 26.6 Å². The van der Waals surface area contributed by atoms with Crippen LogP contribution in [0.25, 0.3) is 0 Å². The van der Waals surface area contributed by atoms with Crippen LogP contribution in [0.4, 0.5) is 0 Å². The molecule has 2 rings (SSSR count). The maximum Gasteiger partial charge on any atom is 0.494 e. The van der Waals surface area contributed by atoms with Crippen molar-refractivity contribution in [3.63, 3.8) is 0 Å². The van der Waals surface area contributed by atoms with Crippen LogP contribution < -0.4 is 5.46 Å². The third-order valence-electron chi connectivity index (χ3n) is 2.39. The third kappa shape index (κ3) is 2.83. The van der Waals surface area contributed by atoms with Gasteiger partial charge in [-0.25, -0.2) is 0 Å². The van der Waals surface area contributed by atoms with Crippen molar-refractivity contribution in [3.8, 4) is 0 Å². The second kappa shape index (κ2) is 6.01. The van der Waals surface area contributed by atoms with Gasteiger partial charge >= 0.3 is 7.12 Å². The van der Waals surface area contributed by atoms with Gasteiger partial charge in [-0.05, 0) is 11.0 Å². The highest BCUT2D eigenvalue weighted by Gasteiger charge is 2.28. The first-order valence-corrected chi connectivity index (χ1v) is 5.29. The molecule has 1 fully saturated rings. The molecular weight excluding hydrogens is 207 g/mol. The molecule has 0 spiro atoms. The van der Waals surface area contributed by atoms with Crippen molar-refractivity contribution in [1.82, 2.24) is 0 Å². The van der Waals surface area contributed by atoms with Crippen LogP contribution in [-0.4, -0.2) is 34.2 Å². The minimum absolute atomic E-state index is 0.248. The summed E-state index contributed by atoms with van der Waals surface area (Å²) in [6.07, 6.45) is 0. The van der Waals surface area contributed by atoms with E-state index in [9.17, 15) is 0 Å². The monoisotopic (exact) mass is 222 g/mol. The van der Waals surface area contributed by atoms with E-state index in [1.54, 1.807) is 7.11 Å². The Morgan fingerprint density at radius 3 is 2.75 bits per heavy atom. The summed E-state index contributed by atoms with van der Waals surface area (Å²) in [5.41, 5.74) is 2.11. The molecule has 0 radical (unpaired) electrons. The van der Waals surface area contributed by atoms with E-state index in [1.807, 2.05) is 24.3 Å². The SMILES string of the molecule is COCOCc1ccccc1B1OCCO1. The Balaban J connectivity index is 2.04. The molecule has 0 amide bonds. The number of rotatable bonds is 5. The molecule has 0 N–H and O–H groups in total. The molecule has 0 aromatic heterocycles. The van der Waals surface area contributed by atoms with Crippen molar-refractivity contribution in [3.05, 3.63) is 29.8 Å². The lowest BCUT2D eigenvalue weighted by Crippen LogP contribution is -2.34. The van der Waals surface area contributed by atoms with Gasteiger partial charge in [0.25, 0.3) is 0 Å². The summed E-state index contributed by atoms with van der Waals surface area (Å²) in [4.78, 5) is 0. The average Bonchev–Trinajstić information content (AvgIpc) is 2.83. The van der Waals surface area contributed by atoms with Crippen molar-refractivity contribution in [2.45, 2.75) is 6.61 Å². The lowest BCUT2D eigenvalue weighted by atomic mass is 9.76. The standard InChI is InChI=1S/C11H15BO4/c1-13-9-14-8-10-4-2-3-5-11(10)12-15-6-7-16-12/h2-5H,6-9H2,1H3. The van der Waals surface area contributed by atoms with Gasteiger partial charge in [0.2, 0.25) is 0 Å². The summed E-state index contributed by atoms with van der Waals surface area (Å²) in [5, 5.41) is 0. The van der Waals surface area contributed by atoms with Gasteiger partial charge in [0.15, 0.2) is 0 Å². The Bertz CT molecular complexity index is 326. The molecule has 1 heterocycles. The first-order valence-electron chi connectivity index (χ1n) is 5.29. The van der Waals surface area contributed by atoms with Crippen LogP contribution in [0.15, 0.2) is 24.3 Å². The van der Waals surface area contributed by atoms with Gasteiger partial charge in [0.1, 0.15) is 6.79 Å². The third-order valence-corrected chi connectivity index (χ3v) is 2.39. The summed E-state index contributed by atoms with van der Waals surface area (Å²) in [6.45, 7) is 2.10. The maximum atomic E-state index is 5.48. The fraction of sp³-hybridized carbons (Fsp3) is 0.455. The minimum atomic E-state index is -0.248. The quantitative estimate of drug-likeness (QED) is 0.414. The largest absolute Gasteiger partial charge is 0.494 e. The van der Waals surface area contributed by atoms with Gasteiger partial charge in [0, 0.05) is 7.11 Å². The number of benzene rings is 1. The number of hydrogen-bond donors (Lipinski definition) is 0. The number of ether oxygens (including phenoxy) is 2. The molecule has 0 unspecified atom stereocenters. The molecule has 1 saturated heterocycles. The van der Waals surface area contributed by atoms with Gasteiger partial charge in [-0.2, -0.15) is 0 Å². The Morgan fingerprint density at radius 2 is 2.00 bits per heavy atom. The van der Waals surface area contributed by atoms with E-state index in [0.717, 1.165) is 11.0 Å². The summed E-state index contributed by atoms with van der Waals surface area (Å²) in [7, 11) is 1.36. The predicted octanol–water partition coefficient (Wildman–Crippen LogP) is 0.549. The van der Waals surface area contributed by atoms with Gasteiger partial charge in [-0.1, -0.05) is 24.3 Å². The normalized spacial score (nSPS) is 15.7. The highest BCUT2D eigenvalue weighted by molar-refractivity contribution is 6.62. The van der Waals surface area contributed by atoms with E-state index >= 15 is 0 Å². The Labute approximate surface area is 95.6 Å². The van der Waals surface area contributed by atoms with Gasteiger partial charge in [-0.3, -0.25) is 0 Å². The Morgan fingerprint density at radius 1 is 1.25 bits per heavy atom. The molecule has 0 bridgehead atoms. The van der Waals surface area contributed by atoms with Crippen molar-refractivity contribution >= 4 is 12.6 Å². The van der Waals surface area contributed by atoms with Crippen molar-refractivity contribution in [2.75, 3.05) is 27.1 Å². The van der Waals surface area contributed by atoms with Crippen molar-refractivity contribution < 1.29 is 18.8 Å². The number of methoxy groups -OCH3 is 1. The first kappa shape index (κ1) is 11.6. The van der Waals surface area contributed by atoms with Gasteiger partial charge < -0.3 is 18.8 Å². The molecule has 0 atom stereocenters. The smallest absolute Gasteiger partial charge is 0.405 e. The van der Waals surface area contributed by atoms with E-state index in [-0.39, 0.29) is 7.12 Å². The van der Waals surface area contributed by atoms with E-state index in [2.05, 4.69) is 0 Å². The molecule has 1 aliphatic rings. The van der Waals surface area contributed by atoms with Gasteiger partial charge in [0.05, 0.1) is 19.8 Å². The van der Waals surface area contributed by atoms with E-state index < -0.39 is 0 Å². The lowest BCUT2D eigenvalue weighted by molar-refractivity contribution is -0.0388. The minimum Gasteiger partial charge on any atom is -0.405 e. The van der Waals surface area contributed by atoms with Crippen LogP contribution in [0.5, 0.6) is 0 Å². The molecular formula is C11H15BO4. The molecule has 0 saturated carbocycles. The summed E-state index contributed by atoms with van der Waals surface area (Å²) in [5.74, 6) is 0. The summed E-state index contributed by atoms with van der Waals surface area (Å²) >= 11 is 0. The summed E-state index contributed by atoms with van der Waals surface area (Å²) < 4.78 is 21.1. The fourth-order valence-electron chi connectivity index (χ4n) is 1.67. The topological polar surface area (TPSA) is 36.9 Å².